The zero-order chi connectivity index (χ0) is 29.1. The molecule has 0 aliphatic rings. The number of aliphatic hydroxyl groups excluding tert-OH is 2. The Morgan fingerprint density at radius 1 is 0.737 bits per heavy atom. The molecule has 0 aromatic rings. The van der Waals surface area contributed by atoms with Crippen molar-refractivity contribution >= 4 is 13.5 Å². The standard InChI is InChI=1S/C25H48O3.C6H15NO2P/c1-2-3-4-5-6-7-8-9-10-11-12-13-14-15-16-17-18-19-20-21-24(27)25(28)22-23-26;1-5-6(10(8)9)7(2,3)4/h9-10,25-26,28H,2-8,11-23H2,1H3;6H,5H2,1-4H3/q;+1. The highest BCUT2D eigenvalue weighted by Gasteiger charge is 2.26. The normalized spacial score (nSPS) is 13.2. The van der Waals surface area contributed by atoms with E-state index in [0.717, 1.165) is 12.8 Å². The second-order valence-electron chi connectivity index (χ2n) is 11.5. The summed E-state index contributed by atoms with van der Waals surface area (Å²) in [6.07, 6.45) is 26.9. The smallest absolute Gasteiger partial charge is 0.375 e. The first-order chi connectivity index (χ1) is 18.1. The van der Waals surface area contributed by atoms with Crippen molar-refractivity contribution < 1.29 is 28.6 Å². The van der Waals surface area contributed by atoms with Crippen molar-refractivity contribution in [3.8, 4) is 0 Å². The summed E-state index contributed by atoms with van der Waals surface area (Å²) < 4.78 is 21.7. The molecule has 0 amide bonds. The molecule has 2 N–H and O–H groups in total. The van der Waals surface area contributed by atoms with Crippen LogP contribution in [0.15, 0.2) is 12.2 Å². The Morgan fingerprint density at radius 2 is 1.16 bits per heavy atom. The van der Waals surface area contributed by atoms with Gasteiger partial charge in [0.25, 0.3) is 0 Å². The first-order valence-electron chi connectivity index (χ1n) is 15.5. The lowest BCUT2D eigenvalue weighted by Crippen LogP contribution is -2.41. The summed E-state index contributed by atoms with van der Waals surface area (Å²) in [4.78, 5) is 11.5. The van der Waals surface area contributed by atoms with E-state index in [1.807, 2.05) is 28.1 Å². The molecule has 0 rings (SSSR count). The monoisotopic (exact) mass is 560 g/mol. The van der Waals surface area contributed by atoms with Crippen LogP contribution in [0.25, 0.3) is 0 Å². The third-order valence-electron chi connectivity index (χ3n) is 6.96. The molecule has 38 heavy (non-hydrogen) atoms. The predicted octanol–water partition coefficient (Wildman–Crippen LogP) is 8.50. The third kappa shape index (κ3) is 26.8. The van der Waals surface area contributed by atoms with Gasteiger partial charge >= 0.3 is 7.68 Å². The number of carbonyl (C=O) groups excluding carboxylic acids is 1. The Bertz CT molecular complexity index is 620. The van der Waals surface area contributed by atoms with Crippen LogP contribution in [0.2, 0.25) is 0 Å². The van der Waals surface area contributed by atoms with Gasteiger partial charge in [0.1, 0.15) is 6.10 Å². The Kier molecular flexibility index (Phi) is 28.7. The van der Waals surface area contributed by atoms with Gasteiger partial charge in [0.15, 0.2) is 11.6 Å². The molecule has 0 spiro atoms. The lowest BCUT2D eigenvalue weighted by Gasteiger charge is -2.28. The van der Waals surface area contributed by atoms with Gasteiger partial charge in [-0.2, -0.15) is 0 Å². The summed E-state index contributed by atoms with van der Waals surface area (Å²) >= 11 is 0. The average Bonchev–Trinajstić information content (AvgIpc) is 2.85. The number of allylic oxidation sites excluding steroid dienone is 2. The molecule has 0 bridgehead atoms. The number of carbonyl (C=O) groups is 1. The van der Waals surface area contributed by atoms with E-state index < -0.39 is 13.8 Å². The summed E-state index contributed by atoms with van der Waals surface area (Å²) in [7, 11) is 3.38. The van der Waals surface area contributed by atoms with Crippen molar-refractivity contribution in [1.82, 2.24) is 0 Å². The summed E-state index contributed by atoms with van der Waals surface area (Å²) in [5.74, 6) is -0.356. The van der Waals surface area contributed by atoms with E-state index in [4.69, 9.17) is 5.11 Å². The van der Waals surface area contributed by atoms with E-state index in [0.29, 0.717) is 17.3 Å². The number of hydrogen-bond acceptors (Lipinski definition) is 5. The summed E-state index contributed by atoms with van der Waals surface area (Å²) in [6.45, 7) is 4.03. The molecule has 0 saturated heterocycles. The van der Waals surface area contributed by atoms with Gasteiger partial charge in [-0.15, -0.1) is 0 Å². The maximum Gasteiger partial charge on any atom is 0.375 e. The zero-order valence-electron chi connectivity index (χ0n) is 25.7. The van der Waals surface area contributed by atoms with Crippen LogP contribution in [-0.2, 0) is 13.9 Å². The SMILES string of the molecule is CCC(P(=O)=O)[N+](C)(C)C.CCCCCCCCC=CCCCCCCCCCCCC(=O)C(O)CCO. The quantitative estimate of drug-likeness (QED) is 0.0505. The highest BCUT2D eigenvalue weighted by Crippen LogP contribution is 2.24. The predicted molar refractivity (Wildman–Crippen MR) is 161 cm³/mol. The van der Waals surface area contributed by atoms with Crippen molar-refractivity contribution in [2.75, 3.05) is 27.7 Å². The molecule has 2 unspecified atom stereocenters. The fraction of sp³-hybridized carbons (Fsp3) is 0.903. The number of ketones is 1. The van der Waals surface area contributed by atoms with Crippen LogP contribution in [0, 0.1) is 0 Å². The van der Waals surface area contributed by atoms with Gasteiger partial charge in [-0.25, -0.2) is 9.13 Å². The molecule has 0 radical (unpaired) electrons. The maximum atomic E-state index is 11.5. The first-order valence-corrected chi connectivity index (χ1v) is 16.8. The van der Waals surface area contributed by atoms with Crippen molar-refractivity contribution in [2.24, 2.45) is 0 Å². The maximum absolute atomic E-state index is 11.5. The molecule has 0 saturated carbocycles. The fourth-order valence-electron chi connectivity index (χ4n) is 4.51. The molecule has 0 aromatic heterocycles. The van der Waals surface area contributed by atoms with E-state index >= 15 is 0 Å². The fourth-order valence-corrected chi connectivity index (χ4v) is 5.37. The van der Waals surface area contributed by atoms with Crippen molar-refractivity contribution in [2.45, 2.75) is 154 Å². The molecule has 2 atom stereocenters. The molecule has 0 aliphatic heterocycles. The van der Waals surface area contributed by atoms with Crippen LogP contribution in [0.4, 0.5) is 0 Å². The molecule has 0 aromatic carbocycles. The van der Waals surface area contributed by atoms with Gasteiger partial charge < -0.3 is 14.7 Å². The van der Waals surface area contributed by atoms with Crippen molar-refractivity contribution in [3.05, 3.63) is 12.2 Å². The van der Waals surface area contributed by atoms with Gasteiger partial charge in [0, 0.05) is 25.9 Å². The summed E-state index contributed by atoms with van der Waals surface area (Å²) in [5, 5.41) is 18.2. The van der Waals surface area contributed by atoms with E-state index in [-0.39, 0.29) is 24.6 Å². The molecule has 7 heteroatoms. The Labute approximate surface area is 236 Å². The Balaban J connectivity index is 0. The lowest BCUT2D eigenvalue weighted by atomic mass is 10.0. The van der Waals surface area contributed by atoms with Gasteiger partial charge in [0.05, 0.1) is 21.1 Å². The average molecular weight is 561 g/mol. The van der Waals surface area contributed by atoms with Crippen LogP contribution < -0.4 is 0 Å². The minimum absolute atomic E-state index is 0.116. The van der Waals surface area contributed by atoms with E-state index in [2.05, 4.69) is 19.1 Å². The first kappa shape index (κ1) is 39.3. The molecule has 226 valence electrons. The number of quaternary nitrogens is 1. The Morgan fingerprint density at radius 3 is 1.50 bits per heavy atom. The number of unbranched alkanes of at least 4 members (excludes halogenated alkanes) is 15. The molecule has 0 fully saturated rings. The van der Waals surface area contributed by atoms with Crippen molar-refractivity contribution in [3.63, 3.8) is 0 Å². The van der Waals surface area contributed by atoms with Crippen molar-refractivity contribution in [1.29, 1.82) is 0 Å². The summed E-state index contributed by atoms with van der Waals surface area (Å²) in [6, 6.07) is 0. The van der Waals surface area contributed by atoms with E-state index in [1.54, 1.807) is 0 Å². The molecule has 0 aliphatic carbocycles. The van der Waals surface area contributed by atoms with Crippen LogP contribution >= 0.6 is 7.68 Å². The lowest BCUT2D eigenvalue weighted by molar-refractivity contribution is -0.882. The van der Waals surface area contributed by atoms with Gasteiger partial charge in [-0.3, -0.25) is 4.79 Å². The second kappa shape index (κ2) is 27.7. The van der Waals surface area contributed by atoms with E-state index in [1.165, 1.54) is 96.3 Å². The van der Waals surface area contributed by atoms with E-state index in [9.17, 15) is 19.0 Å². The second-order valence-corrected chi connectivity index (χ2v) is 12.7. The van der Waals surface area contributed by atoms with Crippen LogP contribution in [0.1, 0.15) is 142 Å². The number of Topliss-reactive ketones (excluding diaryl/α,β-unsaturated/α-hetero) is 1. The highest BCUT2D eigenvalue weighted by atomic mass is 31.1. The van der Waals surface area contributed by atoms with Gasteiger partial charge in [0.2, 0.25) is 0 Å². The number of hydrogen-bond donors (Lipinski definition) is 2. The minimum atomic E-state index is -2.28. The minimum Gasteiger partial charge on any atom is -0.396 e. The van der Waals surface area contributed by atoms with Gasteiger partial charge in [-0.05, 0) is 32.1 Å². The van der Waals surface area contributed by atoms with Crippen LogP contribution in [0.5, 0.6) is 0 Å². The number of rotatable bonds is 25. The third-order valence-corrected chi connectivity index (χ3v) is 8.51. The van der Waals surface area contributed by atoms with Crippen LogP contribution in [-0.4, -0.2) is 60.1 Å². The molecule has 0 heterocycles. The topological polar surface area (TPSA) is 91.7 Å². The molecular formula is C31H63NO5P+. The molecule has 6 nitrogen and oxygen atoms in total. The zero-order valence-corrected chi connectivity index (χ0v) is 26.6. The highest BCUT2D eigenvalue weighted by molar-refractivity contribution is 7.31. The Hall–Kier alpha value is -0.810. The van der Waals surface area contributed by atoms with Gasteiger partial charge in [-0.1, -0.05) is 103 Å². The number of aliphatic hydroxyl groups is 2. The number of nitrogens with zero attached hydrogens (tertiary/aromatic N) is 1. The summed E-state index contributed by atoms with van der Waals surface area (Å²) in [5.41, 5.74) is 0. The molecular weight excluding hydrogens is 497 g/mol. The largest absolute Gasteiger partial charge is 0.396 e. The van der Waals surface area contributed by atoms with Crippen LogP contribution in [0.3, 0.4) is 0 Å².